The maximum atomic E-state index is 13.7. The largest absolute Gasteiger partial charge is 0.494 e. The fourth-order valence-corrected chi connectivity index (χ4v) is 3.27. The number of aryl methyl sites for hydroxylation is 1. The van der Waals surface area contributed by atoms with Gasteiger partial charge in [-0.15, -0.1) is 0 Å². The molecule has 3 rings (SSSR count). The molecule has 1 aliphatic rings. The normalized spacial score (nSPS) is 16.6. The summed E-state index contributed by atoms with van der Waals surface area (Å²) in [6.45, 7) is 4.44. The molecular formula is C21H25FN2O2. The van der Waals surface area contributed by atoms with Gasteiger partial charge in [-0.3, -0.25) is 4.79 Å². The van der Waals surface area contributed by atoms with Crippen LogP contribution in [0.25, 0.3) is 0 Å². The predicted octanol–water partition coefficient (Wildman–Crippen LogP) is 4.25. The number of anilines is 2. The Balaban J connectivity index is 1.51. The Morgan fingerprint density at radius 2 is 2.04 bits per heavy atom. The maximum Gasteiger partial charge on any atom is 0.224 e. The molecule has 1 unspecified atom stereocenters. The minimum Gasteiger partial charge on any atom is -0.494 e. The van der Waals surface area contributed by atoms with Crippen LogP contribution in [0.5, 0.6) is 5.75 Å². The third-order valence-corrected chi connectivity index (χ3v) is 4.80. The first-order chi connectivity index (χ1) is 12.5. The number of ether oxygens (including phenoxy) is 1. The highest BCUT2D eigenvalue weighted by Crippen LogP contribution is 2.25. The molecule has 0 aromatic heterocycles. The molecule has 0 saturated carbocycles. The number of nitrogens with zero attached hydrogens (tertiary/aromatic N) is 1. The zero-order chi connectivity index (χ0) is 18.5. The lowest BCUT2D eigenvalue weighted by molar-refractivity contribution is -0.116. The van der Waals surface area contributed by atoms with Gasteiger partial charge in [-0.05, 0) is 60.7 Å². The second kappa shape index (κ2) is 8.21. The molecule has 4 nitrogen and oxygen atoms in total. The number of rotatable bonds is 6. The highest BCUT2D eigenvalue weighted by atomic mass is 19.1. The van der Waals surface area contributed by atoms with Crippen LogP contribution in [0.4, 0.5) is 15.8 Å². The Morgan fingerprint density at radius 1 is 1.27 bits per heavy atom. The van der Waals surface area contributed by atoms with Crippen molar-refractivity contribution in [2.24, 2.45) is 5.92 Å². The van der Waals surface area contributed by atoms with Crippen molar-refractivity contribution in [3.05, 3.63) is 53.8 Å². The van der Waals surface area contributed by atoms with E-state index in [1.165, 1.54) is 25.3 Å². The molecule has 1 amide bonds. The third-order valence-electron chi connectivity index (χ3n) is 4.80. The van der Waals surface area contributed by atoms with Gasteiger partial charge in [0.05, 0.1) is 7.11 Å². The molecule has 5 heteroatoms. The third kappa shape index (κ3) is 4.54. The van der Waals surface area contributed by atoms with Gasteiger partial charge in [0.15, 0.2) is 11.6 Å². The molecule has 1 heterocycles. The number of amides is 1. The number of hydrogen-bond donors (Lipinski definition) is 1. The van der Waals surface area contributed by atoms with Crippen molar-refractivity contribution in [3.8, 4) is 5.75 Å². The monoisotopic (exact) mass is 356 g/mol. The summed E-state index contributed by atoms with van der Waals surface area (Å²) in [4.78, 5) is 14.5. The minimum atomic E-state index is -0.405. The number of carbonyl (C=O) groups excluding carboxylic acids is 1. The van der Waals surface area contributed by atoms with Gasteiger partial charge >= 0.3 is 0 Å². The Bertz CT molecular complexity index is 761. The van der Waals surface area contributed by atoms with E-state index in [-0.39, 0.29) is 11.7 Å². The average Bonchev–Trinajstić information content (AvgIpc) is 3.07. The van der Waals surface area contributed by atoms with E-state index in [1.807, 2.05) is 24.3 Å². The summed E-state index contributed by atoms with van der Waals surface area (Å²) in [7, 11) is 1.43. The smallest absolute Gasteiger partial charge is 0.224 e. The van der Waals surface area contributed by atoms with E-state index in [4.69, 9.17) is 4.74 Å². The first-order valence-corrected chi connectivity index (χ1v) is 9.02. The SMILES string of the molecule is COc1ccc(CCC(=O)Nc2ccc(N3CCC(C)C3)cc2)cc1F. The Hall–Kier alpha value is -2.56. The van der Waals surface area contributed by atoms with Gasteiger partial charge in [-0.25, -0.2) is 4.39 Å². The van der Waals surface area contributed by atoms with E-state index < -0.39 is 5.82 Å². The number of nitrogens with one attached hydrogen (secondary N) is 1. The van der Waals surface area contributed by atoms with Crippen LogP contribution in [0.2, 0.25) is 0 Å². The van der Waals surface area contributed by atoms with Crippen LogP contribution in [0.1, 0.15) is 25.3 Å². The minimum absolute atomic E-state index is 0.0798. The van der Waals surface area contributed by atoms with Crippen molar-refractivity contribution in [2.75, 3.05) is 30.4 Å². The first-order valence-electron chi connectivity index (χ1n) is 9.02. The summed E-state index contributed by atoms with van der Waals surface area (Å²) in [5.74, 6) is 0.462. The summed E-state index contributed by atoms with van der Waals surface area (Å²) in [5.41, 5.74) is 2.75. The van der Waals surface area contributed by atoms with Crippen LogP contribution < -0.4 is 15.0 Å². The van der Waals surface area contributed by atoms with Gasteiger partial charge in [0, 0.05) is 30.9 Å². The van der Waals surface area contributed by atoms with Crippen molar-refractivity contribution in [1.82, 2.24) is 0 Å². The number of benzene rings is 2. The lowest BCUT2D eigenvalue weighted by atomic mass is 10.1. The second-order valence-electron chi connectivity index (χ2n) is 6.90. The molecule has 138 valence electrons. The highest BCUT2D eigenvalue weighted by molar-refractivity contribution is 5.91. The summed E-state index contributed by atoms with van der Waals surface area (Å²) in [5, 5.41) is 2.90. The molecule has 0 radical (unpaired) electrons. The lowest BCUT2D eigenvalue weighted by Gasteiger charge is -2.18. The molecule has 0 spiro atoms. The van der Waals surface area contributed by atoms with Crippen LogP contribution in [-0.4, -0.2) is 26.1 Å². The number of halogens is 1. The fourth-order valence-electron chi connectivity index (χ4n) is 3.27. The van der Waals surface area contributed by atoms with Gasteiger partial charge in [-0.2, -0.15) is 0 Å². The van der Waals surface area contributed by atoms with Gasteiger partial charge in [0.25, 0.3) is 0 Å². The average molecular weight is 356 g/mol. The van der Waals surface area contributed by atoms with Crippen molar-refractivity contribution < 1.29 is 13.9 Å². The zero-order valence-electron chi connectivity index (χ0n) is 15.3. The molecule has 2 aromatic carbocycles. The quantitative estimate of drug-likeness (QED) is 0.841. The molecule has 1 fully saturated rings. The van der Waals surface area contributed by atoms with E-state index in [0.717, 1.165) is 30.3 Å². The van der Waals surface area contributed by atoms with Crippen LogP contribution in [0.3, 0.4) is 0 Å². The van der Waals surface area contributed by atoms with Crippen molar-refractivity contribution >= 4 is 17.3 Å². The van der Waals surface area contributed by atoms with E-state index >= 15 is 0 Å². The standard InChI is InChI=1S/C21H25FN2O2/c1-15-11-12-24(14-15)18-7-5-17(6-8-18)23-21(25)10-4-16-3-9-20(26-2)19(22)13-16/h3,5-9,13,15H,4,10-12,14H2,1-2H3,(H,23,25). The zero-order valence-corrected chi connectivity index (χ0v) is 15.3. The van der Waals surface area contributed by atoms with Gasteiger partial charge in [0.2, 0.25) is 5.91 Å². The van der Waals surface area contributed by atoms with Gasteiger partial charge in [-0.1, -0.05) is 13.0 Å². The molecule has 0 aliphatic carbocycles. The van der Waals surface area contributed by atoms with E-state index in [2.05, 4.69) is 17.1 Å². The number of carbonyl (C=O) groups is 1. The Labute approximate surface area is 154 Å². The van der Waals surface area contributed by atoms with Crippen molar-refractivity contribution in [1.29, 1.82) is 0 Å². The summed E-state index contributed by atoms with van der Waals surface area (Å²) < 4.78 is 18.6. The summed E-state index contributed by atoms with van der Waals surface area (Å²) in [6.07, 6.45) is 2.01. The summed E-state index contributed by atoms with van der Waals surface area (Å²) >= 11 is 0. The number of hydrogen-bond acceptors (Lipinski definition) is 3. The maximum absolute atomic E-state index is 13.7. The van der Waals surface area contributed by atoms with E-state index in [1.54, 1.807) is 12.1 Å². The van der Waals surface area contributed by atoms with E-state index in [0.29, 0.717) is 12.8 Å². The number of methoxy groups -OCH3 is 1. The van der Waals surface area contributed by atoms with Gasteiger partial charge in [0.1, 0.15) is 0 Å². The fraction of sp³-hybridized carbons (Fsp3) is 0.381. The van der Waals surface area contributed by atoms with Crippen LogP contribution >= 0.6 is 0 Å². The van der Waals surface area contributed by atoms with Crippen LogP contribution in [0, 0.1) is 11.7 Å². The molecule has 2 aromatic rings. The molecule has 0 bridgehead atoms. The topological polar surface area (TPSA) is 41.6 Å². The van der Waals surface area contributed by atoms with E-state index in [9.17, 15) is 9.18 Å². The molecule has 1 aliphatic heterocycles. The Kier molecular flexibility index (Phi) is 5.76. The molecule has 26 heavy (non-hydrogen) atoms. The first kappa shape index (κ1) is 18.2. The Morgan fingerprint density at radius 3 is 2.65 bits per heavy atom. The molecule has 1 atom stereocenters. The lowest BCUT2D eigenvalue weighted by Crippen LogP contribution is -2.19. The van der Waals surface area contributed by atoms with Crippen LogP contribution in [0.15, 0.2) is 42.5 Å². The van der Waals surface area contributed by atoms with Gasteiger partial charge < -0.3 is 15.0 Å². The summed E-state index contributed by atoms with van der Waals surface area (Å²) in [6, 6.07) is 12.7. The van der Waals surface area contributed by atoms with Crippen molar-refractivity contribution in [3.63, 3.8) is 0 Å². The second-order valence-corrected chi connectivity index (χ2v) is 6.90. The molecule has 1 N–H and O–H groups in total. The predicted molar refractivity (Wildman–Crippen MR) is 102 cm³/mol. The molecular weight excluding hydrogens is 331 g/mol. The molecule has 1 saturated heterocycles. The van der Waals surface area contributed by atoms with Crippen LogP contribution in [-0.2, 0) is 11.2 Å². The van der Waals surface area contributed by atoms with Crippen molar-refractivity contribution in [2.45, 2.75) is 26.2 Å². The highest BCUT2D eigenvalue weighted by Gasteiger charge is 2.18.